The van der Waals surface area contributed by atoms with Gasteiger partial charge in [0.1, 0.15) is 11.3 Å². The molecule has 3 heterocycles. The average Bonchev–Trinajstić information content (AvgIpc) is 3.17. The smallest absolute Gasteiger partial charge is 0.325 e. The maximum Gasteiger partial charge on any atom is 0.325 e. The van der Waals surface area contributed by atoms with Crippen LogP contribution in [0.4, 0.5) is 5.69 Å². The van der Waals surface area contributed by atoms with Gasteiger partial charge in [0.2, 0.25) is 0 Å². The van der Waals surface area contributed by atoms with Crippen LogP contribution < -0.4 is 15.5 Å². The molecule has 0 saturated heterocycles. The lowest BCUT2D eigenvalue weighted by Crippen LogP contribution is -2.21. The van der Waals surface area contributed by atoms with Crippen LogP contribution >= 0.6 is 0 Å². The van der Waals surface area contributed by atoms with Crippen LogP contribution in [0.2, 0.25) is 0 Å². The van der Waals surface area contributed by atoms with Crippen LogP contribution in [0, 0.1) is 6.92 Å². The molecule has 1 aromatic carbocycles. The minimum atomic E-state index is -0.392. The molecule has 3 aromatic heterocycles. The SMILES string of the molecule is Cc1cc(C([O-])=Nc2cccc(Oc3ccnc4[nH]c(=O)[nH]c34)c2)n(C)n1. The molecule has 0 spiro atoms. The first-order valence-electron chi connectivity index (χ1n) is 8.11. The Balaban J connectivity index is 1.65. The van der Waals surface area contributed by atoms with E-state index in [1.54, 1.807) is 43.4 Å². The van der Waals surface area contributed by atoms with Crippen molar-refractivity contribution in [3.8, 4) is 11.5 Å². The van der Waals surface area contributed by atoms with Gasteiger partial charge < -0.3 is 14.8 Å². The Bertz CT molecular complexity index is 1220. The van der Waals surface area contributed by atoms with Crippen LogP contribution in [0.3, 0.4) is 0 Å². The van der Waals surface area contributed by atoms with E-state index in [1.165, 1.54) is 10.9 Å². The molecule has 27 heavy (non-hydrogen) atoms. The number of pyridine rings is 1. The third kappa shape index (κ3) is 3.30. The van der Waals surface area contributed by atoms with Gasteiger partial charge in [-0.15, -0.1) is 0 Å². The molecule has 0 fully saturated rings. The summed E-state index contributed by atoms with van der Waals surface area (Å²) in [6.07, 6.45) is 1.53. The molecule has 4 rings (SSSR count). The van der Waals surface area contributed by atoms with Gasteiger partial charge in [-0.1, -0.05) is 6.07 Å². The summed E-state index contributed by atoms with van der Waals surface area (Å²) in [5.41, 5.74) is 2.10. The second-order valence-electron chi connectivity index (χ2n) is 5.92. The Kier molecular flexibility index (Phi) is 3.96. The number of aryl methyl sites for hydroxylation is 2. The number of ether oxygens (including phenoxy) is 1. The highest BCUT2D eigenvalue weighted by atomic mass is 16.5. The minimum Gasteiger partial charge on any atom is -0.857 e. The summed E-state index contributed by atoms with van der Waals surface area (Å²) in [5, 5.41) is 16.5. The molecule has 0 saturated carbocycles. The molecular weight excluding hydrogens is 348 g/mol. The molecule has 136 valence electrons. The van der Waals surface area contributed by atoms with Crippen LogP contribution in [-0.4, -0.2) is 30.6 Å². The lowest BCUT2D eigenvalue weighted by Gasteiger charge is -2.11. The molecule has 0 aliphatic carbocycles. The normalized spacial score (nSPS) is 11.9. The van der Waals surface area contributed by atoms with E-state index < -0.39 is 5.90 Å². The van der Waals surface area contributed by atoms with Crippen molar-refractivity contribution in [1.29, 1.82) is 0 Å². The summed E-state index contributed by atoms with van der Waals surface area (Å²) < 4.78 is 7.34. The van der Waals surface area contributed by atoms with Gasteiger partial charge in [0, 0.05) is 31.3 Å². The molecule has 0 radical (unpaired) electrons. The quantitative estimate of drug-likeness (QED) is 0.420. The first-order chi connectivity index (χ1) is 13.0. The van der Waals surface area contributed by atoms with E-state index >= 15 is 0 Å². The predicted molar refractivity (Wildman–Crippen MR) is 97.4 cm³/mol. The van der Waals surface area contributed by atoms with E-state index in [1.807, 2.05) is 6.92 Å². The summed E-state index contributed by atoms with van der Waals surface area (Å²) in [6, 6.07) is 10.1. The fraction of sp³-hybridized carbons (Fsp3) is 0.111. The van der Waals surface area contributed by atoms with E-state index in [2.05, 4.69) is 25.0 Å². The molecule has 0 unspecified atom stereocenters. The number of aliphatic imine (C=N–C) groups is 1. The first-order valence-corrected chi connectivity index (χ1v) is 8.11. The van der Waals surface area contributed by atoms with E-state index in [0.29, 0.717) is 34.0 Å². The van der Waals surface area contributed by atoms with Gasteiger partial charge in [0.15, 0.2) is 11.4 Å². The van der Waals surface area contributed by atoms with Crippen molar-refractivity contribution in [2.24, 2.45) is 12.0 Å². The Hall–Kier alpha value is -3.88. The van der Waals surface area contributed by atoms with Gasteiger partial charge in [-0.25, -0.2) is 9.78 Å². The van der Waals surface area contributed by atoms with Crippen molar-refractivity contribution in [3.05, 3.63) is 64.5 Å². The van der Waals surface area contributed by atoms with Crippen LogP contribution in [0.1, 0.15) is 11.4 Å². The molecule has 0 atom stereocenters. The largest absolute Gasteiger partial charge is 0.857 e. The molecule has 2 N–H and O–H groups in total. The minimum absolute atomic E-state index is 0.366. The number of nitrogens with one attached hydrogen (secondary N) is 2. The van der Waals surface area contributed by atoms with Gasteiger partial charge in [-0.05, 0) is 25.1 Å². The summed E-state index contributed by atoms with van der Waals surface area (Å²) in [4.78, 5) is 24.9. The summed E-state index contributed by atoms with van der Waals surface area (Å²) in [6.45, 7) is 1.81. The molecular formula is C18H15N6O3-. The molecule has 9 nitrogen and oxygen atoms in total. The average molecular weight is 363 g/mol. The van der Waals surface area contributed by atoms with Crippen molar-refractivity contribution in [1.82, 2.24) is 24.7 Å². The molecule has 0 bridgehead atoms. The molecule has 0 amide bonds. The van der Waals surface area contributed by atoms with E-state index in [0.717, 1.165) is 5.69 Å². The first kappa shape index (κ1) is 16.6. The number of hydrogen-bond donors (Lipinski definition) is 2. The number of aromatic amines is 2. The van der Waals surface area contributed by atoms with Crippen LogP contribution in [-0.2, 0) is 7.05 Å². The third-order valence-electron chi connectivity index (χ3n) is 3.88. The number of H-pyrrole nitrogens is 2. The highest BCUT2D eigenvalue weighted by Crippen LogP contribution is 2.28. The molecule has 4 aromatic rings. The van der Waals surface area contributed by atoms with Crippen molar-refractivity contribution in [2.75, 3.05) is 0 Å². The molecule has 0 aliphatic rings. The Morgan fingerprint density at radius 1 is 1.26 bits per heavy atom. The van der Waals surface area contributed by atoms with Crippen LogP contribution in [0.15, 0.2) is 52.4 Å². The zero-order valence-corrected chi connectivity index (χ0v) is 14.6. The van der Waals surface area contributed by atoms with E-state index in [-0.39, 0.29) is 5.69 Å². The second kappa shape index (κ2) is 6.45. The Morgan fingerprint density at radius 2 is 2.11 bits per heavy atom. The lowest BCUT2D eigenvalue weighted by molar-refractivity contribution is -0.213. The number of nitrogens with zero attached hydrogens (tertiary/aromatic N) is 4. The zero-order valence-electron chi connectivity index (χ0n) is 14.6. The lowest BCUT2D eigenvalue weighted by atomic mass is 10.3. The van der Waals surface area contributed by atoms with Gasteiger partial charge in [0.25, 0.3) is 0 Å². The predicted octanol–water partition coefficient (Wildman–Crippen LogP) is 1.52. The van der Waals surface area contributed by atoms with E-state index in [4.69, 9.17) is 4.74 Å². The monoisotopic (exact) mass is 363 g/mol. The van der Waals surface area contributed by atoms with Gasteiger partial charge >= 0.3 is 5.69 Å². The summed E-state index contributed by atoms with van der Waals surface area (Å²) >= 11 is 0. The maximum atomic E-state index is 12.4. The summed E-state index contributed by atoms with van der Waals surface area (Å²) in [7, 11) is 1.70. The van der Waals surface area contributed by atoms with Gasteiger partial charge in [-0.2, -0.15) is 5.10 Å². The van der Waals surface area contributed by atoms with E-state index in [9.17, 15) is 9.90 Å². The standard InChI is InChI=1S/C18H16N6O3/c1-10-8-13(24(2)23-10)17(25)20-11-4-3-5-12(9-11)27-14-6-7-19-16-15(14)21-18(26)22-16/h3-9H,1-2H3,(H,20,25)(H2,19,21,22,26)/p-1. The number of hydrogen-bond acceptors (Lipinski definition) is 6. The third-order valence-corrected chi connectivity index (χ3v) is 3.88. The zero-order chi connectivity index (χ0) is 19.0. The fourth-order valence-electron chi connectivity index (χ4n) is 2.73. The van der Waals surface area contributed by atoms with Gasteiger partial charge in [0.05, 0.1) is 17.1 Å². The van der Waals surface area contributed by atoms with Crippen molar-refractivity contribution in [3.63, 3.8) is 0 Å². The number of fused-ring (bicyclic) bond motifs is 1. The Labute approximate surface area is 153 Å². The summed E-state index contributed by atoms with van der Waals surface area (Å²) in [5.74, 6) is 0.514. The number of rotatable bonds is 4. The molecule has 9 heteroatoms. The topological polar surface area (TPSA) is 124 Å². The highest BCUT2D eigenvalue weighted by Gasteiger charge is 2.08. The Morgan fingerprint density at radius 3 is 2.89 bits per heavy atom. The van der Waals surface area contributed by atoms with Crippen LogP contribution in [0.5, 0.6) is 11.5 Å². The maximum absolute atomic E-state index is 12.4. The number of aromatic nitrogens is 5. The number of benzene rings is 1. The fourth-order valence-corrected chi connectivity index (χ4v) is 2.73. The number of imidazole rings is 1. The van der Waals surface area contributed by atoms with Crippen molar-refractivity contribution >= 4 is 22.7 Å². The van der Waals surface area contributed by atoms with Crippen molar-refractivity contribution < 1.29 is 9.84 Å². The highest BCUT2D eigenvalue weighted by molar-refractivity contribution is 5.91. The molecule has 0 aliphatic heterocycles. The van der Waals surface area contributed by atoms with Gasteiger partial charge in [-0.3, -0.25) is 14.7 Å². The second-order valence-corrected chi connectivity index (χ2v) is 5.92. The van der Waals surface area contributed by atoms with Crippen molar-refractivity contribution in [2.45, 2.75) is 6.92 Å². The van der Waals surface area contributed by atoms with Crippen LogP contribution in [0.25, 0.3) is 11.2 Å².